The Labute approximate surface area is 202 Å². The Bertz CT molecular complexity index is 1410. The summed E-state index contributed by atoms with van der Waals surface area (Å²) in [6.45, 7) is 4.32. The molecule has 0 aliphatic rings. The van der Waals surface area contributed by atoms with Gasteiger partial charge in [-0.15, -0.1) is 10.2 Å². The molecule has 1 heterocycles. The maximum absolute atomic E-state index is 14.5. The number of halogens is 2. The van der Waals surface area contributed by atoms with Crippen LogP contribution in [0.25, 0.3) is 0 Å². The summed E-state index contributed by atoms with van der Waals surface area (Å²) in [6.07, 6.45) is 1.56. The topological polar surface area (TPSA) is 74.8 Å². The van der Waals surface area contributed by atoms with Crippen LogP contribution in [-0.2, 0) is 19.6 Å². The number of carbonyl (C=O) groups excluding carboxylic acids is 1. The third-order valence-corrected chi connectivity index (χ3v) is 5.88. The lowest BCUT2D eigenvalue weighted by Crippen LogP contribution is -2.32. The molecule has 4 aromatic rings. The van der Waals surface area contributed by atoms with Crippen LogP contribution in [-0.4, -0.2) is 25.6 Å². The molecule has 0 spiro atoms. The number of benzene rings is 3. The molecule has 0 radical (unpaired) electrons. The standard InChI is InChI=1S/C27H23F2N5O/c1-18-3-8-22(11-19(18)2)27(35)33(15-23-9-10-24(28)12-25(23)29)16-26-32-31-17-34(26)14-21-6-4-20(13-30)5-7-21/h3-12,17H,14-16H2,1-2H3. The molecular weight excluding hydrogens is 448 g/mol. The first kappa shape index (κ1) is 23.8. The van der Waals surface area contributed by atoms with Crippen LogP contribution in [0, 0.1) is 36.8 Å². The molecule has 0 saturated carbocycles. The highest BCUT2D eigenvalue weighted by Crippen LogP contribution is 2.19. The lowest BCUT2D eigenvalue weighted by atomic mass is 10.1. The number of rotatable bonds is 7. The molecule has 0 fully saturated rings. The summed E-state index contributed by atoms with van der Waals surface area (Å²) in [5.41, 5.74) is 4.17. The Hall–Kier alpha value is -4.38. The number of hydrogen-bond donors (Lipinski definition) is 0. The van der Waals surface area contributed by atoms with E-state index in [2.05, 4.69) is 16.3 Å². The van der Waals surface area contributed by atoms with Gasteiger partial charge >= 0.3 is 0 Å². The number of carbonyl (C=O) groups is 1. The Morgan fingerprint density at radius 1 is 1.00 bits per heavy atom. The second kappa shape index (κ2) is 10.3. The molecule has 6 nitrogen and oxygen atoms in total. The normalized spacial score (nSPS) is 10.7. The minimum absolute atomic E-state index is 0.0679. The number of aryl methyl sites for hydroxylation is 2. The van der Waals surface area contributed by atoms with Gasteiger partial charge in [0.25, 0.3) is 5.91 Å². The van der Waals surface area contributed by atoms with Gasteiger partial charge in [0.05, 0.1) is 24.7 Å². The van der Waals surface area contributed by atoms with Crippen molar-refractivity contribution in [1.29, 1.82) is 5.26 Å². The van der Waals surface area contributed by atoms with Crippen LogP contribution in [0.5, 0.6) is 0 Å². The molecule has 8 heteroatoms. The molecule has 35 heavy (non-hydrogen) atoms. The average Bonchev–Trinajstić information content (AvgIpc) is 3.28. The highest BCUT2D eigenvalue weighted by atomic mass is 19.1. The first-order valence-electron chi connectivity index (χ1n) is 11.0. The van der Waals surface area contributed by atoms with Crippen molar-refractivity contribution in [2.45, 2.75) is 33.5 Å². The zero-order valence-electron chi connectivity index (χ0n) is 19.4. The molecule has 0 unspecified atom stereocenters. The first-order chi connectivity index (χ1) is 16.8. The van der Waals surface area contributed by atoms with Crippen molar-refractivity contribution >= 4 is 5.91 Å². The van der Waals surface area contributed by atoms with E-state index in [9.17, 15) is 13.6 Å². The van der Waals surface area contributed by atoms with Crippen molar-refractivity contribution in [3.63, 3.8) is 0 Å². The minimum Gasteiger partial charge on any atom is -0.327 e. The minimum atomic E-state index is -0.720. The smallest absolute Gasteiger partial charge is 0.254 e. The largest absolute Gasteiger partial charge is 0.327 e. The molecule has 0 bridgehead atoms. The van der Waals surface area contributed by atoms with E-state index in [4.69, 9.17) is 5.26 Å². The van der Waals surface area contributed by atoms with Crippen LogP contribution in [0.15, 0.2) is 67.0 Å². The number of hydrogen-bond acceptors (Lipinski definition) is 4. The van der Waals surface area contributed by atoms with E-state index in [1.807, 2.05) is 32.0 Å². The van der Waals surface area contributed by atoms with Gasteiger partial charge in [0, 0.05) is 23.7 Å². The van der Waals surface area contributed by atoms with Gasteiger partial charge in [0.1, 0.15) is 18.0 Å². The van der Waals surface area contributed by atoms with Gasteiger partial charge in [-0.25, -0.2) is 8.78 Å². The molecule has 1 amide bonds. The van der Waals surface area contributed by atoms with Gasteiger partial charge < -0.3 is 9.47 Å². The number of nitriles is 1. The van der Waals surface area contributed by atoms with Crippen molar-refractivity contribution in [2.75, 3.05) is 0 Å². The third kappa shape index (κ3) is 5.58. The van der Waals surface area contributed by atoms with Gasteiger partial charge in [0.15, 0.2) is 5.82 Å². The van der Waals surface area contributed by atoms with E-state index in [0.717, 1.165) is 22.8 Å². The van der Waals surface area contributed by atoms with Crippen LogP contribution >= 0.6 is 0 Å². The van der Waals surface area contributed by atoms with Crippen LogP contribution in [0.2, 0.25) is 0 Å². The Morgan fingerprint density at radius 3 is 2.46 bits per heavy atom. The molecule has 176 valence electrons. The first-order valence-corrected chi connectivity index (χ1v) is 11.0. The van der Waals surface area contributed by atoms with Crippen molar-refractivity contribution in [1.82, 2.24) is 19.7 Å². The summed E-state index contributed by atoms with van der Waals surface area (Å²) in [5, 5.41) is 17.2. The summed E-state index contributed by atoms with van der Waals surface area (Å²) in [5.74, 6) is -1.19. The molecular formula is C27H23F2N5O. The fourth-order valence-corrected chi connectivity index (χ4v) is 3.70. The Morgan fingerprint density at radius 2 is 1.77 bits per heavy atom. The fraction of sp³-hybridized carbons (Fsp3) is 0.185. The summed E-state index contributed by atoms with van der Waals surface area (Å²) in [4.78, 5) is 15.0. The van der Waals surface area contributed by atoms with Gasteiger partial charge in [-0.2, -0.15) is 5.26 Å². The lowest BCUT2D eigenvalue weighted by Gasteiger charge is -2.23. The molecule has 0 N–H and O–H groups in total. The quantitative estimate of drug-likeness (QED) is 0.383. The van der Waals surface area contributed by atoms with Crippen LogP contribution in [0.3, 0.4) is 0 Å². The number of aromatic nitrogens is 3. The van der Waals surface area contributed by atoms with E-state index in [0.29, 0.717) is 23.5 Å². The summed E-state index contributed by atoms with van der Waals surface area (Å²) in [7, 11) is 0. The molecule has 1 aromatic heterocycles. The SMILES string of the molecule is Cc1ccc(C(=O)N(Cc2ccc(F)cc2F)Cc2nncn2Cc2ccc(C#N)cc2)cc1C. The molecule has 4 rings (SSSR count). The number of amides is 1. The zero-order valence-corrected chi connectivity index (χ0v) is 19.4. The van der Waals surface area contributed by atoms with Crippen molar-refractivity contribution < 1.29 is 13.6 Å². The van der Waals surface area contributed by atoms with Gasteiger partial charge in [-0.3, -0.25) is 4.79 Å². The van der Waals surface area contributed by atoms with Crippen molar-refractivity contribution in [2.24, 2.45) is 0 Å². The highest BCUT2D eigenvalue weighted by Gasteiger charge is 2.21. The maximum Gasteiger partial charge on any atom is 0.254 e. The van der Waals surface area contributed by atoms with E-state index in [1.165, 1.54) is 17.0 Å². The Balaban J connectivity index is 1.63. The fourth-order valence-electron chi connectivity index (χ4n) is 3.70. The van der Waals surface area contributed by atoms with Crippen LogP contribution in [0.1, 0.15) is 44.0 Å². The predicted octanol–water partition coefficient (Wildman–Crippen LogP) is 4.94. The lowest BCUT2D eigenvalue weighted by molar-refractivity contribution is 0.0721. The molecule has 0 aliphatic heterocycles. The van der Waals surface area contributed by atoms with Crippen molar-refractivity contribution in [3.05, 3.63) is 118 Å². The van der Waals surface area contributed by atoms with E-state index < -0.39 is 11.6 Å². The summed E-state index contributed by atoms with van der Waals surface area (Å²) in [6, 6.07) is 17.9. The summed E-state index contributed by atoms with van der Waals surface area (Å²) >= 11 is 0. The van der Waals surface area contributed by atoms with Gasteiger partial charge in [0.2, 0.25) is 0 Å². The molecule has 0 aliphatic carbocycles. The monoisotopic (exact) mass is 471 g/mol. The number of nitrogens with zero attached hydrogens (tertiary/aromatic N) is 5. The van der Waals surface area contributed by atoms with Crippen molar-refractivity contribution in [3.8, 4) is 6.07 Å². The molecule has 3 aromatic carbocycles. The van der Waals surface area contributed by atoms with Crippen LogP contribution < -0.4 is 0 Å². The van der Waals surface area contributed by atoms with E-state index in [-0.39, 0.29) is 24.6 Å². The van der Waals surface area contributed by atoms with Gasteiger partial charge in [-0.05, 0) is 60.9 Å². The second-order valence-electron chi connectivity index (χ2n) is 8.38. The highest BCUT2D eigenvalue weighted by molar-refractivity contribution is 5.94. The third-order valence-electron chi connectivity index (χ3n) is 5.88. The predicted molar refractivity (Wildman–Crippen MR) is 126 cm³/mol. The van der Waals surface area contributed by atoms with E-state index in [1.54, 1.807) is 35.2 Å². The van der Waals surface area contributed by atoms with E-state index >= 15 is 0 Å². The second-order valence-corrected chi connectivity index (χ2v) is 8.38. The van der Waals surface area contributed by atoms with Gasteiger partial charge in [-0.1, -0.05) is 24.3 Å². The van der Waals surface area contributed by atoms with Crippen LogP contribution in [0.4, 0.5) is 8.78 Å². The molecule has 0 atom stereocenters. The zero-order chi connectivity index (χ0) is 24.9. The maximum atomic E-state index is 14.5. The molecule has 0 saturated heterocycles. The Kier molecular flexibility index (Phi) is 6.97. The summed E-state index contributed by atoms with van der Waals surface area (Å²) < 4.78 is 29.7. The average molecular weight is 472 g/mol.